The zero-order valence-electron chi connectivity index (χ0n) is 15.6. The quantitative estimate of drug-likeness (QED) is 0.760. The molecule has 1 saturated heterocycles. The number of sulfonamides is 1. The van der Waals surface area contributed by atoms with Crippen LogP contribution in [0, 0.1) is 0 Å². The van der Waals surface area contributed by atoms with Crippen LogP contribution >= 0.6 is 0 Å². The molecule has 1 amide bonds. The Morgan fingerprint density at radius 1 is 1.15 bits per heavy atom. The van der Waals surface area contributed by atoms with Gasteiger partial charge in [0.2, 0.25) is 16.6 Å². The summed E-state index contributed by atoms with van der Waals surface area (Å²) in [6.07, 6.45) is 5.45. The van der Waals surface area contributed by atoms with Crippen LogP contribution in [0.2, 0.25) is 0 Å². The molecule has 0 spiro atoms. The number of pyridine rings is 1. The molecule has 27 heavy (non-hydrogen) atoms. The van der Waals surface area contributed by atoms with Gasteiger partial charge >= 0.3 is 0 Å². The highest BCUT2D eigenvalue weighted by Crippen LogP contribution is 2.23. The van der Waals surface area contributed by atoms with E-state index in [9.17, 15) is 13.2 Å². The monoisotopic (exact) mass is 389 g/mol. The van der Waals surface area contributed by atoms with Gasteiger partial charge in [0, 0.05) is 50.7 Å². The van der Waals surface area contributed by atoms with E-state index in [0.717, 1.165) is 18.5 Å². The normalized spacial score (nSPS) is 14.9. The SMILES string of the molecule is CN(C)c1cc[n+](CC(=O)Nc2cccc(S(=O)(=O)N3CCCC3)c2)cc1. The van der Waals surface area contributed by atoms with Crippen LogP contribution in [0.4, 0.5) is 11.4 Å². The van der Waals surface area contributed by atoms with E-state index < -0.39 is 10.0 Å². The molecule has 144 valence electrons. The van der Waals surface area contributed by atoms with Crippen LogP contribution in [0.5, 0.6) is 0 Å². The maximum atomic E-state index is 12.7. The first-order chi connectivity index (χ1) is 12.9. The van der Waals surface area contributed by atoms with Crippen molar-refractivity contribution in [1.29, 1.82) is 0 Å². The van der Waals surface area contributed by atoms with Crippen LogP contribution < -0.4 is 14.8 Å². The van der Waals surface area contributed by atoms with Crippen molar-refractivity contribution in [2.75, 3.05) is 37.4 Å². The van der Waals surface area contributed by atoms with E-state index in [1.165, 1.54) is 10.4 Å². The number of hydrogen-bond acceptors (Lipinski definition) is 4. The molecule has 1 N–H and O–H groups in total. The molecule has 1 aromatic heterocycles. The molecule has 3 rings (SSSR count). The number of benzene rings is 1. The zero-order chi connectivity index (χ0) is 19.4. The van der Waals surface area contributed by atoms with Crippen molar-refractivity contribution in [3.05, 3.63) is 48.8 Å². The minimum Gasteiger partial charge on any atom is -0.377 e. The number of carbonyl (C=O) groups excluding carboxylic acids is 1. The van der Waals surface area contributed by atoms with Gasteiger partial charge in [0.25, 0.3) is 5.91 Å². The molecule has 0 saturated carbocycles. The predicted octanol–water partition coefficient (Wildman–Crippen LogP) is 1.46. The molecular formula is C19H25N4O3S+. The second-order valence-corrected chi connectivity index (χ2v) is 8.75. The van der Waals surface area contributed by atoms with Crippen LogP contribution in [0.1, 0.15) is 12.8 Å². The molecular weight excluding hydrogens is 364 g/mol. The van der Waals surface area contributed by atoms with Crippen LogP contribution in [-0.2, 0) is 21.4 Å². The number of carbonyl (C=O) groups is 1. The molecule has 0 aliphatic carbocycles. The standard InChI is InChI=1S/C19H24N4O3S/c1-21(2)17-8-12-22(13-9-17)15-19(24)20-16-6-5-7-18(14-16)27(25,26)23-10-3-4-11-23/h5-9,12-14H,3-4,10-11,15H2,1-2H3/p+1. The van der Waals surface area contributed by atoms with Gasteiger partial charge in [-0.25, -0.2) is 8.42 Å². The third-order valence-corrected chi connectivity index (χ3v) is 6.43. The summed E-state index contributed by atoms with van der Waals surface area (Å²) in [6.45, 7) is 1.26. The number of anilines is 2. The van der Waals surface area contributed by atoms with Gasteiger partial charge in [-0.15, -0.1) is 0 Å². The Balaban J connectivity index is 1.67. The molecule has 1 aliphatic rings. The number of nitrogens with zero attached hydrogens (tertiary/aromatic N) is 3. The first kappa shape index (κ1) is 19.3. The average Bonchev–Trinajstić information content (AvgIpc) is 3.18. The molecule has 0 radical (unpaired) electrons. The highest BCUT2D eigenvalue weighted by molar-refractivity contribution is 7.89. The molecule has 1 aromatic carbocycles. The summed E-state index contributed by atoms with van der Waals surface area (Å²) in [5, 5.41) is 2.78. The Morgan fingerprint density at radius 3 is 2.44 bits per heavy atom. The van der Waals surface area contributed by atoms with Gasteiger partial charge in [0.1, 0.15) is 0 Å². The van der Waals surface area contributed by atoms with Gasteiger partial charge in [0.05, 0.1) is 4.90 Å². The molecule has 2 aromatic rings. The molecule has 0 unspecified atom stereocenters. The summed E-state index contributed by atoms with van der Waals surface area (Å²) in [6, 6.07) is 10.3. The second-order valence-electron chi connectivity index (χ2n) is 6.81. The first-order valence-electron chi connectivity index (χ1n) is 8.93. The van der Waals surface area contributed by atoms with Crippen LogP contribution in [0.3, 0.4) is 0 Å². The van der Waals surface area contributed by atoms with Crippen molar-refractivity contribution in [3.8, 4) is 0 Å². The van der Waals surface area contributed by atoms with Crippen LogP contribution in [-0.4, -0.2) is 45.8 Å². The summed E-state index contributed by atoms with van der Waals surface area (Å²) in [5.74, 6) is -0.215. The average molecular weight is 390 g/mol. The number of hydrogen-bond donors (Lipinski definition) is 1. The number of rotatable bonds is 6. The lowest BCUT2D eigenvalue weighted by atomic mass is 10.3. The topological polar surface area (TPSA) is 73.6 Å². The Kier molecular flexibility index (Phi) is 5.76. The highest BCUT2D eigenvalue weighted by atomic mass is 32.2. The Hall–Kier alpha value is -2.45. The van der Waals surface area contributed by atoms with Gasteiger partial charge in [-0.3, -0.25) is 4.79 Å². The number of nitrogens with one attached hydrogen (secondary N) is 1. The van der Waals surface area contributed by atoms with Crippen LogP contribution in [0.25, 0.3) is 0 Å². The first-order valence-corrected chi connectivity index (χ1v) is 10.4. The fourth-order valence-corrected chi connectivity index (χ4v) is 4.59. The maximum absolute atomic E-state index is 12.7. The van der Waals surface area contributed by atoms with Crippen molar-refractivity contribution in [1.82, 2.24) is 4.31 Å². The van der Waals surface area contributed by atoms with E-state index in [1.54, 1.807) is 22.8 Å². The number of aromatic nitrogens is 1. The Morgan fingerprint density at radius 2 is 1.81 bits per heavy atom. The third kappa shape index (κ3) is 4.64. The zero-order valence-corrected chi connectivity index (χ0v) is 16.4. The molecule has 7 nitrogen and oxygen atoms in total. The molecule has 8 heteroatoms. The lowest BCUT2D eigenvalue weighted by molar-refractivity contribution is -0.684. The lowest BCUT2D eigenvalue weighted by Crippen LogP contribution is -2.39. The molecule has 1 fully saturated rings. The summed E-state index contributed by atoms with van der Waals surface area (Å²) in [4.78, 5) is 14.5. The van der Waals surface area contributed by atoms with E-state index in [0.29, 0.717) is 18.8 Å². The fourth-order valence-electron chi connectivity index (χ4n) is 3.03. The summed E-state index contributed by atoms with van der Waals surface area (Å²) in [7, 11) is 0.411. The van der Waals surface area contributed by atoms with Gasteiger partial charge < -0.3 is 10.2 Å². The van der Waals surface area contributed by atoms with Gasteiger partial charge in [-0.2, -0.15) is 8.87 Å². The van der Waals surface area contributed by atoms with Crippen LogP contribution in [0.15, 0.2) is 53.7 Å². The fraction of sp³-hybridized carbons (Fsp3) is 0.368. The van der Waals surface area contributed by atoms with Crippen molar-refractivity contribution < 1.29 is 17.8 Å². The molecule has 0 bridgehead atoms. The highest BCUT2D eigenvalue weighted by Gasteiger charge is 2.27. The van der Waals surface area contributed by atoms with E-state index in [4.69, 9.17) is 0 Å². The van der Waals surface area contributed by atoms with Crippen molar-refractivity contribution >= 4 is 27.3 Å². The van der Waals surface area contributed by atoms with E-state index in [-0.39, 0.29) is 17.3 Å². The molecule has 1 aliphatic heterocycles. The van der Waals surface area contributed by atoms with Gasteiger partial charge in [0.15, 0.2) is 12.4 Å². The van der Waals surface area contributed by atoms with E-state index >= 15 is 0 Å². The largest absolute Gasteiger partial charge is 0.377 e. The van der Waals surface area contributed by atoms with Crippen molar-refractivity contribution in [2.24, 2.45) is 0 Å². The van der Waals surface area contributed by atoms with E-state index in [2.05, 4.69) is 5.32 Å². The predicted molar refractivity (Wildman–Crippen MR) is 104 cm³/mol. The maximum Gasteiger partial charge on any atom is 0.290 e. The lowest BCUT2D eigenvalue weighted by Gasteiger charge is -2.16. The summed E-state index contributed by atoms with van der Waals surface area (Å²) >= 11 is 0. The minimum atomic E-state index is -3.50. The summed E-state index contributed by atoms with van der Waals surface area (Å²) < 4.78 is 28.6. The number of amides is 1. The van der Waals surface area contributed by atoms with Crippen molar-refractivity contribution in [3.63, 3.8) is 0 Å². The second kappa shape index (κ2) is 8.06. The summed E-state index contributed by atoms with van der Waals surface area (Å²) in [5.41, 5.74) is 1.53. The van der Waals surface area contributed by atoms with Gasteiger partial charge in [-0.1, -0.05) is 6.07 Å². The third-order valence-electron chi connectivity index (χ3n) is 4.54. The molecule has 2 heterocycles. The van der Waals surface area contributed by atoms with Gasteiger partial charge in [-0.05, 0) is 31.0 Å². The minimum absolute atomic E-state index is 0.150. The smallest absolute Gasteiger partial charge is 0.290 e. The van der Waals surface area contributed by atoms with E-state index in [1.807, 2.05) is 43.5 Å². The Bertz CT molecular complexity index is 905. The van der Waals surface area contributed by atoms with Crippen molar-refractivity contribution in [2.45, 2.75) is 24.3 Å². The molecule has 0 atom stereocenters. The Labute approximate surface area is 160 Å².